The summed E-state index contributed by atoms with van der Waals surface area (Å²) >= 11 is 0. The van der Waals surface area contributed by atoms with Gasteiger partial charge in [0.15, 0.2) is 5.82 Å². The molecule has 0 atom stereocenters. The average molecular weight is 219 g/mol. The number of nitrogens with zero attached hydrogens (tertiary/aromatic N) is 2. The molecular formula is C7H13N3O3S. The van der Waals surface area contributed by atoms with E-state index < -0.39 is 15.3 Å². The third-order valence-electron chi connectivity index (χ3n) is 1.62. The van der Waals surface area contributed by atoms with E-state index in [4.69, 9.17) is 4.52 Å². The van der Waals surface area contributed by atoms with Gasteiger partial charge in [-0.15, -0.1) is 0 Å². The molecule has 0 unspecified atom stereocenters. The molecule has 6 nitrogen and oxygen atoms in total. The van der Waals surface area contributed by atoms with Gasteiger partial charge in [0, 0.05) is 6.92 Å². The van der Waals surface area contributed by atoms with Crippen molar-refractivity contribution >= 4 is 10.0 Å². The molecule has 14 heavy (non-hydrogen) atoms. The molecule has 80 valence electrons. The lowest BCUT2D eigenvalue weighted by Crippen LogP contribution is -2.30. The zero-order valence-corrected chi connectivity index (χ0v) is 9.13. The van der Waals surface area contributed by atoms with Crippen molar-refractivity contribution < 1.29 is 12.9 Å². The standard InChI is InChI=1S/C7H13N3O3S/c1-5(2)14(11,12)8-4-7-9-6(3)13-10-7/h5,8H,4H2,1-3H3. The first-order valence-electron chi connectivity index (χ1n) is 4.19. The Bertz CT molecular complexity index is 396. The van der Waals surface area contributed by atoms with Crippen LogP contribution in [0.3, 0.4) is 0 Å². The van der Waals surface area contributed by atoms with E-state index in [-0.39, 0.29) is 6.54 Å². The van der Waals surface area contributed by atoms with Crippen molar-refractivity contribution in [2.24, 2.45) is 0 Å². The Morgan fingerprint density at radius 3 is 2.57 bits per heavy atom. The quantitative estimate of drug-likeness (QED) is 0.782. The molecule has 0 aliphatic carbocycles. The van der Waals surface area contributed by atoms with Gasteiger partial charge in [0.1, 0.15) is 0 Å². The summed E-state index contributed by atoms with van der Waals surface area (Å²) in [6, 6.07) is 0. The number of rotatable bonds is 4. The second kappa shape index (κ2) is 4.05. The SMILES string of the molecule is Cc1nc(CNS(=O)(=O)C(C)C)no1. The summed E-state index contributed by atoms with van der Waals surface area (Å²) in [7, 11) is -3.26. The number of hydrogen-bond acceptors (Lipinski definition) is 5. The maximum absolute atomic E-state index is 11.3. The maximum atomic E-state index is 11.3. The lowest BCUT2D eigenvalue weighted by molar-refractivity contribution is 0.387. The van der Waals surface area contributed by atoms with Crippen LogP contribution in [0.2, 0.25) is 0 Å². The van der Waals surface area contributed by atoms with Gasteiger partial charge < -0.3 is 4.52 Å². The first-order chi connectivity index (χ1) is 6.42. The smallest absolute Gasteiger partial charge is 0.223 e. The van der Waals surface area contributed by atoms with Gasteiger partial charge in [-0.1, -0.05) is 5.16 Å². The summed E-state index contributed by atoms with van der Waals surface area (Å²) in [5.74, 6) is 0.760. The Morgan fingerprint density at radius 1 is 1.50 bits per heavy atom. The molecule has 0 spiro atoms. The monoisotopic (exact) mass is 219 g/mol. The molecule has 0 fully saturated rings. The van der Waals surface area contributed by atoms with Crippen molar-refractivity contribution in [1.82, 2.24) is 14.9 Å². The van der Waals surface area contributed by atoms with Crippen LogP contribution < -0.4 is 4.72 Å². The predicted octanol–water partition coefficient (Wildman–Crippen LogP) is 0.206. The molecule has 7 heteroatoms. The minimum atomic E-state index is -3.26. The van der Waals surface area contributed by atoms with Gasteiger partial charge in [-0.2, -0.15) is 4.98 Å². The summed E-state index contributed by atoms with van der Waals surface area (Å²) in [5.41, 5.74) is 0. The van der Waals surface area contributed by atoms with Gasteiger partial charge in [-0.3, -0.25) is 0 Å². The van der Waals surface area contributed by atoms with Crippen molar-refractivity contribution in [3.8, 4) is 0 Å². The predicted molar refractivity (Wildman–Crippen MR) is 49.9 cm³/mol. The normalized spacial score (nSPS) is 12.3. The summed E-state index contributed by atoms with van der Waals surface area (Å²) in [4.78, 5) is 3.87. The van der Waals surface area contributed by atoms with Crippen molar-refractivity contribution in [2.45, 2.75) is 32.6 Å². The van der Waals surface area contributed by atoms with Crippen LogP contribution in [0.4, 0.5) is 0 Å². The number of nitrogens with one attached hydrogen (secondary N) is 1. The second-order valence-corrected chi connectivity index (χ2v) is 5.47. The topological polar surface area (TPSA) is 85.1 Å². The Balaban J connectivity index is 2.57. The van der Waals surface area contributed by atoms with Gasteiger partial charge in [0.25, 0.3) is 0 Å². The molecule has 0 radical (unpaired) electrons. The Morgan fingerprint density at radius 2 is 2.14 bits per heavy atom. The fraction of sp³-hybridized carbons (Fsp3) is 0.714. The van der Waals surface area contributed by atoms with Gasteiger partial charge in [-0.05, 0) is 13.8 Å². The number of aromatic nitrogens is 2. The third kappa shape index (κ3) is 2.78. The molecule has 1 aromatic heterocycles. The van der Waals surface area contributed by atoms with E-state index in [0.717, 1.165) is 0 Å². The average Bonchev–Trinajstić information content (AvgIpc) is 2.48. The Hall–Kier alpha value is -0.950. The van der Waals surface area contributed by atoms with E-state index in [1.54, 1.807) is 20.8 Å². The van der Waals surface area contributed by atoms with Crippen LogP contribution in [0.15, 0.2) is 4.52 Å². The van der Waals surface area contributed by atoms with Crippen LogP contribution >= 0.6 is 0 Å². The summed E-state index contributed by atoms with van der Waals surface area (Å²) in [6.45, 7) is 4.92. The molecule has 0 bridgehead atoms. The van der Waals surface area contributed by atoms with E-state index in [2.05, 4.69) is 14.9 Å². The lowest BCUT2D eigenvalue weighted by Gasteiger charge is -2.06. The van der Waals surface area contributed by atoms with Crippen LogP contribution in [0.5, 0.6) is 0 Å². The maximum Gasteiger partial charge on any atom is 0.223 e. The fourth-order valence-corrected chi connectivity index (χ4v) is 1.41. The largest absolute Gasteiger partial charge is 0.340 e. The van der Waals surface area contributed by atoms with Crippen LogP contribution in [-0.2, 0) is 16.6 Å². The Kier molecular flexibility index (Phi) is 3.22. The minimum absolute atomic E-state index is 0.0673. The van der Waals surface area contributed by atoms with Crippen LogP contribution in [0.1, 0.15) is 25.6 Å². The van der Waals surface area contributed by atoms with E-state index in [9.17, 15) is 8.42 Å². The van der Waals surface area contributed by atoms with Crippen molar-refractivity contribution in [2.75, 3.05) is 0 Å². The molecule has 0 amide bonds. The highest BCUT2D eigenvalue weighted by Gasteiger charge is 2.16. The molecule has 0 aliphatic heterocycles. The van der Waals surface area contributed by atoms with Crippen molar-refractivity contribution in [1.29, 1.82) is 0 Å². The Labute approximate surface area is 82.8 Å². The van der Waals surface area contributed by atoms with Gasteiger partial charge in [-0.25, -0.2) is 13.1 Å². The zero-order valence-electron chi connectivity index (χ0n) is 8.31. The second-order valence-electron chi connectivity index (χ2n) is 3.14. The number of hydrogen-bond donors (Lipinski definition) is 1. The van der Waals surface area contributed by atoms with E-state index in [1.807, 2.05) is 0 Å². The molecule has 0 saturated carbocycles. The molecule has 0 aliphatic rings. The van der Waals surface area contributed by atoms with Crippen LogP contribution in [0, 0.1) is 6.92 Å². The highest BCUT2D eigenvalue weighted by Crippen LogP contribution is 1.99. The van der Waals surface area contributed by atoms with E-state index in [0.29, 0.717) is 11.7 Å². The first kappa shape index (κ1) is 11.1. The molecule has 1 heterocycles. The highest BCUT2D eigenvalue weighted by molar-refractivity contribution is 7.90. The van der Waals surface area contributed by atoms with Crippen LogP contribution in [0.25, 0.3) is 0 Å². The van der Waals surface area contributed by atoms with Gasteiger partial charge >= 0.3 is 0 Å². The highest BCUT2D eigenvalue weighted by atomic mass is 32.2. The summed E-state index contributed by atoms with van der Waals surface area (Å²) in [5, 5.41) is 3.10. The molecule has 1 N–H and O–H groups in total. The van der Waals surface area contributed by atoms with Gasteiger partial charge in [0.05, 0.1) is 11.8 Å². The van der Waals surface area contributed by atoms with E-state index in [1.165, 1.54) is 0 Å². The molecule has 1 rings (SSSR count). The molecular weight excluding hydrogens is 206 g/mol. The molecule has 1 aromatic rings. The summed E-state index contributed by atoms with van der Waals surface area (Å²) in [6.07, 6.45) is 0. The van der Waals surface area contributed by atoms with E-state index >= 15 is 0 Å². The van der Waals surface area contributed by atoms with Crippen molar-refractivity contribution in [3.63, 3.8) is 0 Å². The lowest BCUT2D eigenvalue weighted by atomic mass is 10.6. The zero-order chi connectivity index (χ0) is 10.8. The number of aryl methyl sites for hydroxylation is 1. The summed E-state index contributed by atoms with van der Waals surface area (Å²) < 4.78 is 29.7. The van der Waals surface area contributed by atoms with Gasteiger partial charge in [0.2, 0.25) is 15.9 Å². The van der Waals surface area contributed by atoms with Crippen molar-refractivity contribution in [3.05, 3.63) is 11.7 Å². The van der Waals surface area contributed by atoms with Crippen LogP contribution in [-0.4, -0.2) is 23.8 Å². The number of sulfonamides is 1. The first-order valence-corrected chi connectivity index (χ1v) is 5.74. The molecule has 0 saturated heterocycles. The molecule has 0 aromatic carbocycles. The third-order valence-corrected chi connectivity index (χ3v) is 3.41. The minimum Gasteiger partial charge on any atom is -0.340 e. The fourth-order valence-electron chi connectivity index (χ4n) is 0.745.